The number of alkyl halides is 1. The molecule has 1 aromatic rings. The minimum atomic E-state index is 0.213. The molecule has 2 rings (SSSR count). The SMILES string of the molecule is CC(C)c1ccc2c(n1)NCCCC(C)(Br)C2. The van der Waals surface area contributed by atoms with E-state index in [1.165, 1.54) is 24.1 Å². The minimum absolute atomic E-state index is 0.213. The maximum atomic E-state index is 4.75. The number of hydrogen-bond donors (Lipinski definition) is 1. The fourth-order valence-electron chi connectivity index (χ4n) is 2.27. The number of rotatable bonds is 1. The fraction of sp³-hybridized carbons (Fsp3) is 0.643. The number of aromatic nitrogens is 1. The maximum absolute atomic E-state index is 4.75. The van der Waals surface area contributed by atoms with Crippen molar-refractivity contribution in [2.24, 2.45) is 0 Å². The van der Waals surface area contributed by atoms with Crippen LogP contribution in [-0.4, -0.2) is 15.9 Å². The molecule has 3 heteroatoms. The Morgan fingerprint density at radius 2 is 2.18 bits per heavy atom. The van der Waals surface area contributed by atoms with E-state index in [1.54, 1.807) is 0 Å². The highest BCUT2D eigenvalue weighted by Crippen LogP contribution is 2.32. The molecule has 0 fully saturated rings. The Hall–Kier alpha value is -0.570. The summed E-state index contributed by atoms with van der Waals surface area (Å²) in [5.74, 6) is 1.57. The Morgan fingerprint density at radius 1 is 1.41 bits per heavy atom. The molecule has 1 unspecified atom stereocenters. The number of nitrogens with one attached hydrogen (secondary N) is 1. The van der Waals surface area contributed by atoms with Gasteiger partial charge in [0.25, 0.3) is 0 Å². The Balaban J connectivity index is 2.33. The number of hydrogen-bond acceptors (Lipinski definition) is 2. The lowest BCUT2D eigenvalue weighted by atomic mass is 9.94. The molecule has 0 aromatic carbocycles. The number of halogens is 1. The quantitative estimate of drug-likeness (QED) is 0.789. The van der Waals surface area contributed by atoms with Crippen LogP contribution in [0.3, 0.4) is 0 Å². The molecule has 1 atom stereocenters. The molecule has 17 heavy (non-hydrogen) atoms. The first kappa shape index (κ1) is 12.9. The summed E-state index contributed by atoms with van der Waals surface area (Å²) < 4.78 is 0.213. The largest absolute Gasteiger partial charge is 0.370 e. The summed E-state index contributed by atoms with van der Waals surface area (Å²) in [6, 6.07) is 4.39. The van der Waals surface area contributed by atoms with Gasteiger partial charge in [0.1, 0.15) is 5.82 Å². The summed E-state index contributed by atoms with van der Waals surface area (Å²) >= 11 is 3.84. The molecule has 0 spiro atoms. The van der Waals surface area contributed by atoms with E-state index in [4.69, 9.17) is 4.98 Å². The van der Waals surface area contributed by atoms with Gasteiger partial charge in [0, 0.05) is 16.6 Å². The molecule has 0 aliphatic carbocycles. The molecule has 94 valence electrons. The smallest absolute Gasteiger partial charge is 0.129 e. The summed E-state index contributed by atoms with van der Waals surface area (Å²) in [5, 5.41) is 3.47. The number of anilines is 1. The van der Waals surface area contributed by atoms with Crippen molar-refractivity contribution in [2.75, 3.05) is 11.9 Å². The molecule has 1 N–H and O–H groups in total. The predicted molar refractivity (Wildman–Crippen MR) is 77.1 cm³/mol. The first-order chi connectivity index (χ1) is 7.98. The van der Waals surface area contributed by atoms with Crippen molar-refractivity contribution in [2.45, 2.75) is 50.3 Å². The van der Waals surface area contributed by atoms with Crippen LogP contribution in [0.2, 0.25) is 0 Å². The molecule has 0 saturated carbocycles. The van der Waals surface area contributed by atoms with Crippen molar-refractivity contribution >= 4 is 21.7 Å². The van der Waals surface area contributed by atoms with Crippen LogP contribution >= 0.6 is 15.9 Å². The second kappa shape index (κ2) is 4.97. The lowest BCUT2D eigenvalue weighted by Gasteiger charge is -2.27. The molecular weight excluding hydrogens is 276 g/mol. The molecular formula is C14H21BrN2. The Morgan fingerprint density at radius 3 is 2.88 bits per heavy atom. The zero-order valence-electron chi connectivity index (χ0n) is 10.9. The van der Waals surface area contributed by atoms with Crippen LogP contribution in [0.15, 0.2) is 12.1 Å². The van der Waals surface area contributed by atoms with Gasteiger partial charge in [-0.1, -0.05) is 35.8 Å². The number of pyridine rings is 1. The third kappa shape index (κ3) is 3.21. The Bertz CT molecular complexity index is 399. The first-order valence-electron chi connectivity index (χ1n) is 6.40. The van der Waals surface area contributed by atoms with Crippen molar-refractivity contribution in [1.29, 1.82) is 0 Å². The second-order valence-corrected chi connectivity index (χ2v) is 7.43. The molecule has 1 aromatic heterocycles. The third-order valence-corrected chi connectivity index (χ3v) is 4.00. The van der Waals surface area contributed by atoms with Gasteiger partial charge >= 0.3 is 0 Å². The number of nitrogens with zero attached hydrogens (tertiary/aromatic N) is 1. The van der Waals surface area contributed by atoms with Gasteiger partial charge in [0.05, 0.1) is 0 Å². The summed E-state index contributed by atoms with van der Waals surface area (Å²) in [6.45, 7) is 7.67. The highest BCUT2D eigenvalue weighted by molar-refractivity contribution is 9.10. The highest BCUT2D eigenvalue weighted by atomic mass is 79.9. The number of fused-ring (bicyclic) bond motifs is 1. The first-order valence-corrected chi connectivity index (χ1v) is 7.20. The predicted octanol–water partition coefficient (Wildman–Crippen LogP) is 4.11. The van der Waals surface area contributed by atoms with Crippen molar-refractivity contribution in [1.82, 2.24) is 4.98 Å². The van der Waals surface area contributed by atoms with E-state index in [-0.39, 0.29) is 4.32 Å². The molecule has 1 aliphatic heterocycles. The van der Waals surface area contributed by atoms with Crippen molar-refractivity contribution in [3.8, 4) is 0 Å². The minimum Gasteiger partial charge on any atom is -0.370 e. The molecule has 2 heterocycles. The van der Waals surface area contributed by atoms with Gasteiger partial charge in [-0.3, -0.25) is 0 Å². The van der Waals surface area contributed by atoms with Crippen LogP contribution in [0.25, 0.3) is 0 Å². The van der Waals surface area contributed by atoms with Crippen LogP contribution in [0.4, 0.5) is 5.82 Å². The van der Waals surface area contributed by atoms with Gasteiger partial charge in [-0.15, -0.1) is 0 Å². The molecule has 1 aliphatic rings. The molecule has 0 saturated heterocycles. The normalized spacial score (nSPS) is 24.8. The fourth-order valence-corrected chi connectivity index (χ4v) is 2.85. The van der Waals surface area contributed by atoms with E-state index in [0.717, 1.165) is 18.8 Å². The van der Waals surface area contributed by atoms with E-state index in [1.807, 2.05) is 0 Å². The standard InChI is InChI=1S/C14H21BrN2/c1-10(2)12-6-5-11-9-14(3,15)7-4-8-16-13(11)17-12/h5-6,10H,4,7-9H2,1-3H3,(H,16,17). The Labute approximate surface area is 112 Å². The van der Waals surface area contributed by atoms with Gasteiger partial charge in [-0.2, -0.15) is 0 Å². The maximum Gasteiger partial charge on any atom is 0.129 e. The average Bonchev–Trinajstić information content (AvgIpc) is 2.23. The molecule has 2 nitrogen and oxygen atoms in total. The van der Waals surface area contributed by atoms with E-state index in [0.29, 0.717) is 5.92 Å². The average molecular weight is 297 g/mol. The summed E-state index contributed by atoms with van der Waals surface area (Å²) in [5.41, 5.74) is 2.50. The lowest BCUT2D eigenvalue weighted by molar-refractivity contribution is 0.567. The van der Waals surface area contributed by atoms with Crippen LogP contribution in [0, 0.1) is 0 Å². The van der Waals surface area contributed by atoms with Gasteiger partial charge in [-0.05, 0) is 43.7 Å². The summed E-state index contributed by atoms with van der Waals surface area (Å²) in [4.78, 5) is 4.75. The van der Waals surface area contributed by atoms with Crippen LogP contribution < -0.4 is 5.32 Å². The molecule has 0 amide bonds. The van der Waals surface area contributed by atoms with E-state index in [9.17, 15) is 0 Å². The second-order valence-electron chi connectivity index (χ2n) is 5.52. The van der Waals surface area contributed by atoms with Gasteiger partial charge in [-0.25, -0.2) is 4.98 Å². The van der Waals surface area contributed by atoms with Gasteiger partial charge < -0.3 is 5.32 Å². The van der Waals surface area contributed by atoms with Gasteiger partial charge in [0.2, 0.25) is 0 Å². The highest BCUT2D eigenvalue weighted by Gasteiger charge is 2.24. The molecule has 0 bridgehead atoms. The van der Waals surface area contributed by atoms with E-state index >= 15 is 0 Å². The topological polar surface area (TPSA) is 24.9 Å². The zero-order chi connectivity index (χ0) is 12.5. The van der Waals surface area contributed by atoms with E-state index in [2.05, 4.69) is 54.2 Å². The summed E-state index contributed by atoms with van der Waals surface area (Å²) in [6.07, 6.45) is 3.43. The van der Waals surface area contributed by atoms with Crippen molar-refractivity contribution in [3.05, 3.63) is 23.4 Å². The lowest BCUT2D eigenvalue weighted by Crippen LogP contribution is -2.24. The van der Waals surface area contributed by atoms with Crippen LogP contribution in [0.1, 0.15) is 50.8 Å². The van der Waals surface area contributed by atoms with Crippen LogP contribution in [-0.2, 0) is 6.42 Å². The van der Waals surface area contributed by atoms with Crippen molar-refractivity contribution < 1.29 is 0 Å². The summed E-state index contributed by atoms with van der Waals surface area (Å²) in [7, 11) is 0. The van der Waals surface area contributed by atoms with Crippen LogP contribution in [0.5, 0.6) is 0 Å². The van der Waals surface area contributed by atoms with Gasteiger partial charge in [0.15, 0.2) is 0 Å². The third-order valence-electron chi connectivity index (χ3n) is 3.32. The monoisotopic (exact) mass is 296 g/mol. The van der Waals surface area contributed by atoms with E-state index < -0.39 is 0 Å². The van der Waals surface area contributed by atoms with Crippen molar-refractivity contribution in [3.63, 3.8) is 0 Å². The molecule has 0 radical (unpaired) electrons. The zero-order valence-corrected chi connectivity index (χ0v) is 12.5. The Kier molecular flexibility index (Phi) is 3.76.